The van der Waals surface area contributed by atoms with E-state index in [4.69, 9.17) is 0 Å². The molecule has 91 valence electrons. The monoisotopic (exact) mass is 251 g/mol. The first kappa shape index (κ1) is 12.3. The van der Waals surface area contributed by atoms with Crippen molar-refractivity contribution in [2.45, 2.75) is 0 Å². The average molecular weight is 251 g/mol. The Balaban J connectivity index is 2.09. The Kier molecular flexibility index (Phi) is 3.93. The van der Waals surface area contributed by atoms with Crippen LogP contribution in [0, 0.1) is 6.54 Å². The van der Waals surface area contributed by atoms with E-state index in [0.717, 1.165) is 5.56 Å². The number of sulfonamides is 1. The number of benzene rings is 1. The Labute approximate surface area is 102 Å². The molecule has 2 rings (SSSR count). The highest BCUT2D eigenvalue weighted by atomic mass is 32.2. The molecule has 17 heavy (non-hydrogen) atoms. The molecule has 0 unspecified atom stereocenters. The van der Waals surface area contributed by atoms with Gasteiger partial charge in [-0.2, -0.15) is 4.31 Å². The van der Waals surface area contributed by atoms with Gasteiger partial charge in [0.25, 0.3) is 0 Å². The molecule has 1 aliphatic rings. The highest BCUT2D eigenvalue weighted by molar-refractivity contribution is 7.92. The molecule has 0 aromatic heterocycles. The minimum atomic E-state index is -3.32. The molecule has 1 fully saturated rings. The summed E-state index contributed by atoms with van der Waals surface area (Å²) in [5.41, 5.74) is 0.881. The topological polar surface area (TPSA) is 49.4 Å². The highest BCUT2D eigenvalue weighted by Crippen LogP contribution is 2.10. The molecule has 1 radical (unpaired) electrons. The summed E-state index contributed by atoms with van der Waals surface area (Å²) in [6.45, 7) is 3.43. The van der Waals surface area contributed by atoms with Crippen molar-refractivity contribution in [3.05, 3.63) is 47.8 Å². The standard InChI is InChI=1S/C12H15N2O2S/c15-17(16,14-9-7-13-8-10-14)11-6-12-4-2-1-3-5-12/h1-6,9,11,13H,7-8,10H2/b11-6+. The SMILES string of the molecule is O=S(=O)(/C=C/c1ccccc1)N1[CH]CNCC1. The molecule has 1 N–H and O–H groups in total. The molecule has 4 nitrogen and oxygen atoms in total. The van der Waals surface area contributed by atoms with E-state index < -0.39 is 10.0 Å². The van der Waals surface area contributed by atoms with Crippen molar-refractivity contribution >= 4 is 16.1 Å². The third-order valence-corrected chi connectivity index (χ3v) is 3.97. The molecule has 0 bridgehead atoms. The summed E-state index contributed by atoms with van der Waals surface area (Å²) in [5.74, 6) is 0. The van der Waals surface area contributed by atoms with Crippen molar-refractivity contribution in [1.29, 1.82) is 0 Å². The summed E-state index contributed by atoms with van der Waals surface area (Å²) in [4.78, 5) is 0. The minimum Gasteiger partial charge on any atom is -0.314 e. The lowest BCUT2D eigenvalue weighted by atomic mass is 10.2. The first-order chi connectivity index (χ1) is 8.18. The summed E-state index contributed by atoms with van der Waals surface area (Å²) in [5, 5.41) is 4.33. The number of piperazine rings is 1. The molecule has 1 aromatic rings. The molecule has 1 saturated heterocycles. The molecule has 0 spiro atoms. The number of hydrogen-bond donors (Lipinski definition) is 1. The summed E-state index contributed by atoms with van der Waals surface area (Å²) in [6.07, 6.45) is 1.62. The molecule has 0 aliphatic carbocycles. The van der Waals surface area contributed by atoms with Crippen molar-refractivity contribution in [3.63, 3.8) is 0 Å². The van der Waals surface area contributed by atoms with Gasteiger partial charge in [0.05, 0.1) is 6.54 Å². The lowest BCUT2D eigenvalue weighted by Crippen LogP contribution is -2.42. The van der Waals surface area contributed by atoms with Crippen molar-refractivity contribution in [1.82, 2.24) is 9.62 Å². The van der Waals surface area contributed by atoms with E-state index in [-0.39, 0.29) is 0 Å². The van der Waals surface area contributed by atoms with Gasteiger partial charge in [0, 0.05) is 25.0 Å². The molecule has 1 aromatic carbocycles. The Hall–Kier alpha value is -1.17. The second-order valence-electron chi connectivity index (χ2n) is 3.76. The lowest BCUT2D eigenvalue weighted by molar-refractivity contribution is 0.417. The van der Waals surface area contributed by atoms with Crippen LogP contribution in [0.1, 0.15) is 5.56 Å². The maximum absolute atomic E-state index is 11.9. The van der Waals surface area contributed by atoms with Crippen LogP contribution < -0.4 is 5.32 Å². The van der Waals surface area contributed by atoms with Gasteiger partial charge < -0.3 is 5.32 Å². The molecular formula is C12H15N2O2S. The largest absolute Gasteiger partial charge is 0.314 e. The first-order valence-electron chi connectivity index (χ1n) is 5.47. The summed E-state index contributed by atoms with van der Waals surface area (Å²) < 4.78 is 25.3. The van der Waals surface area contributed by atoms with Crippen LogP contribution in [0.25, 0.3) is 6.08 Å². The third-order valence-electron chi connectivity index (χ3n) is 2.51. The van der Waals surface area contributed by atoms with Gasteiger partial charge >= 0.3 is 0 Å². The molecule has 0 atom stereocenters. The van der Waals surface area contributed by atoms with E-state index in [1.807, 2.05) is 30.3 Å². The van der Waals surface area contributed by atoms with Gasteiger partial charge in [-0.3, -0.25) is 0 Å². The number of rotatable bonds is 3. The molecule has 0 amide bonds. The number of nitrogens with one attached hydrogen (secondary N) is 1. The van der Waals surface area contributed by atoms with Crippen LogP contribution in [0.5, 0.6) is 0 Å². The Morgan fingerprint density at radius 2 is 2.00 bits per heavy atom. The van der Waals surface area contributed by atoms with Crippen LogP contribution in [0.4, 0.5) is 0 Å². The van der Waals surface area contributed by atoms with Crippen molar-refractivity contribution in [3.8, 4) is 0 Å². The van der Waals surface area contributed by atoms with Crippen LogP contribution in [0.2, 0.25) is 0 Å². The maximum Gasteiger partial charge on any atom is 0.236 e. The second kappa shape index (κ2) is 5.44. The van der Waals surface area contributed by atoms with Crippen LogP contribution in [0.15, 0.2) is 35.7 Å². The van der Waals surface area contributed by atoms with Gasteiger partial charge in [0.2, 0.25) is 10.0 Å². The van der Waals surface area contributed by atoms with Crippen LogP contribution >= 0.6 is 0 Å². The molecular weight excluding hydrogens is 236 g/mol. The number of nitrogens with zero attached hydrogens (tertiary/aromatic N) is 1. The van der Waals surface area contributed by atoms with E-state index >= 15 is 0 Å². The zero-order valence-corrected chi connectivity index (χ0v) is 10.2. The Morgan fingerprint density at radius 1 is 1.24 bits per heavy atom. The van der Waals surface area contributed by atoms with Crippen molar-refractivity contribution in [2.24, 2.45) is 0 Å². The molecule has 0 saturated carbocycles. The van der Waals surface area contributed by atoms with Gasteiger partial charge in [0.15, 0.2) is 0 Å². The fourth-order valence-electron chi connectivity index (χ4n) is 1.59. The third kappa shape index (κ3) is 3.39. The Morgan fingerprint density at radius 3 is 2.65 bits per heavy atom. The molecule has 5 heteroatoms. The number of hydrogen-bond acceptors (Lipinski definition) is 3. The fraction of sp³-hybridized carbons (Fsp3) is 0.250. The second-order valence-corrected chi connectivity index (χ2v) is 5.53. The predicted molar refractivity (Wildman–Crippen MR) is 68.3 cm³/mol. The van der Waals surface area contributed by atoms with Gasteiger partial charge in [-0.15, -0.1) is 0 Å². The van der Waals surface area contributed by atoms with Gasteiger partial charge in [0.1, 0.15) is 0 Å². The van der Waals surface area contributed by atoms with Crippen LogP contribution in [-0.2, 0) is 10.0 Å². The van der Waals surface area contributed by atoms with E-state index in [1.54, 1.807) is 12.6 Å². The van der Waals surface area contributed by atoms with Gasteiger partial charge in [-0.05, 0) is 11.6 Å². The summed E-state index contributed by atoms with van der Waals surface area (Å²) >= 11 is 0. The fourth-order valence-corrected chi connectivity index (χ4v) is 2.70. The summed E-state index contributed by atoms with van der Waals surface area (Å²) in [6, 6.07) is 9.39. The lowest BCUT2D eigenvalue weighted by Gasteiger charge is -2.24. The van der Waals surface area contributed by atoms with E-state index in [9.17, 15) is 8.42 Å². The van der Waals surface area contributed by atoms with Gasteiger partial charge in [-0.25, -0.2) is 8.42 Å². The zero-order valence-electron chi connectivity index (χ0n) is 9.41. The van der Waals surface area contributed by atoms with E-state index in [1.165, 1.54) is 9.71 Å². The normalized spacial score (nSPS) is 18.6. The van der Waals surface area contributed by atoms with Gasteiger partial charge in [-0.1, -0.05) is 30.3 Å². The Bertz CT molecular complexity index is 476. The maximum atomic E-state index is 11.9. The smallest absolute Gasteiger partial charge is 0.236 e. The van der Waals surface area contributed by atoms with Crippen LogP contribution in [0.3, 0.4) is 0 Å². The molecule has 1 heterocycles. The van der Waals surface area contributed by atoms with Crippen LogP contribution in [-0.4, -0.2) is 32.4 Å². The molecule has 1 aliphatic heterocycles. The summed E-state index contributed by atoms with van der Waals surface area (Å²) in [7, 11) is -3.32. The van der Waals surface area contributed by atoms with Crippen molar-refractivity contribution in [2.75, 3.05) is 19.6 Å². The average Bonchev–Trinajstić information content (AvgIpc) is 2.39. The zero-order chi connectivity index (χ0) is 12.1. The first-order valence-corrected chi connectivity index (χ1v) is 6.98. The quantitative estimate of drug-likeness (QED) is 0.873. The predicted octanol–water partition coefficient (Wildman–Crippen LogP) is 1.05. The minimum absolute atomic E-state index is 0.488. The van der Waals surface area contributed by atoms with E-state index in [2.05, 4.69) is 5.32 Å². The van der Waals surface area contributed by atoms with E-state index in [0.29, 0.717) is 19.6 Å². The highest BCUT2D eigenvalue weighted by Gasteiger charge is 2.21. The van der Waals surface area contributed by atoms with Crippen molar-refractivity contribution < 1.29 is 8.42 Å².